The number of carbonyl (C=O) groups excluding carboxylic acids is 3. The summed E-state index contributed by atoms with van der Waals surface area (Å²) in [5.41, 5.74) is 0.576. The van der Waals surface area contributed by atoms with Crippen LogP contribution in [0.5, 0.6) is 0 Å². The average Bonchev–Trinajstić information content (AvgIpc) is 2.61. The van der Waals surface area contributed by atoms with E-state index in [0.29, 0.717) is 29.8 Å². The fourth-order valence-corrected chi connectivity index (χ4v) is 1.87. The van der Waals surface area contributed by atoms with Crippen molar-refractivity contribution in [3.8, 4) is 0 Å². The first-order chi connectivity index (χ1) is 11.5. The smallest absolute Gasteiger partial charge is 0.331 e. The van der Waals surface area contributed by atoms with E-state index in [1.165, 1.54) is 7.11 Å². The maximum Gasteiger partial charge on any atom is 0.331 e. The summed E-state index contributed by atoms with van der Waals surface area (Å²) in [6.07, 6.45) is 3.08. The van der Waals surface area contributed by atoms with Gasteiger partial charge in [0.05, 0.1) is 13.7 Å². The Labute approximate surface area is 145 Å². The number of rotatable bonds is 9. The van der Waals surface area contributed by atoms with Crippen molar-refractivity contribution in [3.05, 3.63) is 48.0 Å². The van der Waals surface area contributed by atoms with Crippen LogP contribution in [0.25, 0.3) is 0 Å². The highest BCUT2D eigenvalue weighted by atomic mass is 32.1. The van der Waals surface area contributed by atoms with Crippen LogP contribution in [0.4, 0.5) is 0 Å². The third-order valence-electron chi connectivity index (χ3n) is 2.88. The molecule has 0 saturated carbocycles. The minimum Gasteiger partial charge on any atom is -0.466 e. The Hall–Kier alpha value is -2.54. The summed E-state index contributed by atoms with van der Waals surface area (Å²) in [5, 5.41) is 2.74. The van der Waals surface area contributed by atoms with Crippen molar-refractivity contribution < 1.29 is 23.9 Å². The van der Waals surface area contributed by atoms with Gasteiger partial charge in [0.15, 0.2) is 0 Å². The molecule has 1 amide bonds. The Morgan fingerprint density at radius 1 is 1.12 bits per heavy atom. The summed E-state index contributed by atoms with van der Waals surface area (Å²) in [6, 6.07) is 8.86. The summed E-state index contributed by atoms with van der Waals surface area (Å²) in [5.74, 6) is -1.43. The lowest BCUT2D eigenvalue weighted by molar-refractivity contribution is -0.139. The summed E-state index contributed by atoms with van der Waals surface area (Å²) < 4.78 is 9.25. The molecule has 0 radical (unpaired) electrons. The van der Waals surface area contributed by atoms with Gasteiger partial charge in [-0.1, -0.05) is 30.4 Å². The molecule has 0 bridgehead atoms. The number of hydrogen-bond acceptors (Lipinski definition) is 6. The van der Waals surface area contributed by atoms with Gasteiger partial charge in [0.2, 0.25) is 0 Å². The van der Waals surface area contributed by atoms with E-state index in [0.717, 1.165) is 12.2 Å². The number of thiocarbonyl (C=S) groups is 1. The first kappa shape index (κ1) is 19.5. The normalized spacial score (nSPS) is 10.2. The zero-order valence-corrected chi connectivity index (χ0v) is 14.1. The molecule has 1 aromatic carbocycles. The minimum atomic E-state index is -0.623. The molecule has 0 spiro atoms. The summed E-state index contributed by atoms with van der Waals surface area (Å²) >= 11 is 5.17. The van der Waals surface area contributed by atoms with E-state index >= 15 is 0 Å². The second kappa shape index (κ2) is 11.1. The molecule has 7 heteroatoms. The van der Waals surface area contributed by atoms with E-state index in [9.17, 15) is 14.4 Å². The molecule has 0 aliphatic rings. The van der Waals surface area contributed by atoms with E-state index in [1.54, 1.807) is 24.3 Å². The van der Waals surface area contributed by atoms with Crippen LogP contribution < -0.4 is 5.32 Å². The third kappa shape index (κ3) is 8.19. The van der Waals surface area contributed by atoms with Crippen molar-refractivity contribution in [3.63, 3.8) is 0 Å². The number of benzene rings is 1. The van der Waals surface area contributed by atoms with Gasteiger partial charge < -0.3 is 14.8 Å². The predicted octanol–water partition coefficient (Wildman–Crippen LogP) is 1.84. The van der Waals surface area contributed by atoms with Crippen LogP contribution in [0.15, 0.2) is 42.5 Å². The molecule has 0 saturated heterocycles. The number of hydrogen-bond donors (Lipinski definition) is 1. The van der Waals surface area contributed by atoms with E-state index in [4.69, 9.17) is 17.0 Å². The lowest BCUT2D eigenvalue weighted by Crippen LogP contribution is -2.28. The number of carbonyl (C=O) groups is 3. The lowest BCUT2D eigenvalue weighted by Gasteiger charge is -2.07. The van der Waals surface area contributed by atoms with Gasteiger partial charge in [-0.25, -0.2) is 9.59 Å². The number of nitrogens with one attached hydrogen (secondary N) is 1. The molecule has 24 heavy (non-hydrogen) atoms. The van der Waals surface area contributed by atoms with Crippen molar-refractivity contribution in [1.29, 1.82) is 0 Å². The van der Waals surface area contributed by atoms with Gasteiger partial charge in [0, 0.05) is 29.1 Å². The topological polar surface area (TPSA) is 81.7 Å². The van der Waals surface area contributed by atoms with Gasteiger partial charge in [-0.3, -0.25) is 4.79 Å². The predicted molar refractivity (Wildman–Crippen MR) is 92.7 cm³/mol. The molecule has 1 rings (SSSR count). The zero-order valence-electron chi connectivity index (χ0n) is 13.3. The fraction of sp³-hybridized carbons (Fsp3) is 0.294. The molecule has 1 aromatic rings. The molecule has 128 valence electrons. The van der Waals surface area contributed by atoms with Gasteiger partial charge in [-0.05, 0) is 25.0 Å². The number of ether oxygens (including phenoxy) is 2. The second-order valence-electron chi connectivity index (χ2n) is 4.71. The van der Waals surface area contributed by atoms with Gasteiger partial charge in [0.25, 0.3) is 5.91 Å². The van der Waals surface area contributed by atoms with Crippen molar-refractivity contribution in [2.75, 3.05) is 20.3 Å². The second-order valence-corrected chi connectivity index (χ2v) is 5.29. The van der Waals surface area contributed by atoms with Crippen LogP contribution in [0.2, 0.25) is 0 Å². The molecule has 0 aromatic heterocycles. The van der Waals surface area contributed by atoms with Crippen LogP contribution in [-0.4, -0.2) is 43.0 Å². The Morgan fingerprint density at radius 3 is 2.46 bits per heavy atom. The maximum atomic E-state index is 11.8. The number of esters is 2. The van der Waals surface area contributed by atoms with Crippen LogP contribution >= 0.6 is 12.2 Å². The molecular formula is C17H19NO5S. The standard InChI is InChI=1S/C17H19NO5S/c1-22-15(19)9-10-16(20)23-11-5-8-14(24)12-18-17(21)13-6-3-2-4-7-13/h2-4,6-7,9-10H,5,8,11-12H2,1H3,(H,18,21)/b10-9+. The molecule has 0 heterocycles. The van der Waals surface area contributed by atoms with E-state index in [1.807, 2.05) is 6.07 Å². The van der Waals surface area contributed by atoms with Crippen molar-refractivity contribution in [2.45, 2.75) is 12.8 Å². The summed E-state index contributed by atoms with van der Waals surface area (Å²) in [4.78, 5) is 34.6. The Kier molecular flexibility index (Phi) is 8.99. The maximum absolute atomic E-state index is 11.8. The largest absolute Gasteiger partial charge is 0.466 e. The first-order valence-corrected chi connectivity index (χ1v) is 7.71. The van der Waals surface area contributed by atoms with Gasteiger partial charge in [-0.2, -0.15) is 0 Å². The van der Waals surface area contributed by atoms with Crippen molar-refractivity contribution in [1.82, 2.24) is 5.32 Å². The highest BCUT2D eigenvalue weighted by Crippen LogP contribution is 1.99. The Bertz CT molecular complexity index is 613. The van der Waals surface area contributed by atoms with Gasteiger partial charge in [0.1, 0.15) is 0 Å². The quantitative estimate of drug-likeness (QED) is 0.317. The molecule has 0 unspecified atom stereocenters. The SMILES string of the molecule is COC(=O)/C=C/C(=O)OCCCC(=S)CNC(=O)c1ccccc1. The molecule has 0 atom stereocenters. The van der Waals surface area contributed by atoms with Crippen molar-refractivity contribution in [2.24, 2.45) is 0 Å². The van der Waals surface area contributed by atoms with Crippen LogP contribution in [0.1, 0.15) is 23.2 Å². The van der Waals surface area contributed by atoms with Crippen LogP contribution in [0.3, 0.4) is 0 Å². The highest BCUT2D eigenvalue weighted by molar-refractivity contribution is 7.80. The Morgan fingerprint density at radius 2 is 1.79 bits per heavy atom. The van der Waals surface area contributed by atoms with E-state index < -0.39 is 11.9 Å². The molecule has 0 aliphatic heterocycles. The van der Waals surface area contributed by atoms with E-state index in [2.05, 4.69) is 10.1 Å². The van der Waals surface area contributed by atoms with E-state index in [-0.39, 0.29) is 12.5 Å². The molecular weight excluding hydrogens is 330 g/mol. The molecule has 1 N–H and O–H groups in total. The van der Waals surface area contributed by atoms with Crippen LogP contribution in [-0.2, 0) is 19.1 Å². The Balaban J connectivity index is 2.16. The summed E-state index contributed by atoms with van der Waals surface area (Å²) in [7, 11) is 1.22. The molecule has 6 nitrogen and oxygen atoms in total. The monoisotopic (exact) mass is 349 g/mol. The van der Waals surface area contributed by atoms with Gasteiger partial charge in [-0.15, -0.1) is 0 Å². The average molecular weight is 349 g/mol. The first-order valence-electron chi connectivity index (χ1n) is 7.30. The third-order valence-corrected chi connectivity index (χ3v) is 3.23. The van der Waals surface area contributed by atoms with Crippen molar-refractivity contribution >= 4 is 34.9 Å². The van der Waals surface area contributed by atoms with Gasteiger partial charge >= 0.3 is 11.9 Å². The van der Waals surface area contributed by atoms with Crippen LogP contribution in [0, 0.1) is 0 Å². The zero-order chi connectivity index (χ0) is 17.8. The number of amides is 1. The summed E-state index contributed by atoms with van der Waals surface area (Å²) in [6.45, 7) is 0.469. The fourth-order valence-electron chi connectivity index (χ4n) is 1.65. The lowest BCUT2D eigenvalue weighted by atomic mass is 10.2. The molecule has 0 fully saturated rings. The minimum absolute atomic E-state index is 0.178. The molecule has 0 aliphatic carbocycles. The highest BCUT2D eigenvalue weighted by Gasteiger charge is 2.06. The number of methoxy groups -OCH3 is 1.